The summed E-state index contributed by atoms with van der Waals surface area (Å²) in [5.41, 5.74) is 5.59. The van der Waals surface area contributed by atoms with Crippen LogP contribution in [0.3, 0.4) is 0 Å². The molecule has 0 aromatic rings. The van der Waals surface area contributed by atoms with Crippen molar-refractivity contribution >= 4 is 5.91 Å². The number of carbonyl (C=O) groups is 1. The number of hydrogen-bond donors (Lipinski definition) is 3. The smallest absolute Gasteiger partial charge is 0.240 e. The largest absolute Gasteiger partial charge is 0.353 e. The lowest BCUT2D eigenvalue weighted by Crippen LogP contribution is -2.57. The van der Waals surface area contributed by atoms with Crippen LogP contribution in [0.25, 0.3) is 0 Å². The zero-order chi connectivity index (χ0) is 12.9. The Bertz CT molecular complexity index is 255. The van der Waals surface area contributed by atoms with Gasteiger partial charge in [-0.1, -0.05) is 20.8 Å². The van der Waals surface area contributed by atoms with Gasteiger partial charge in [-0.05, 0) is 38.6 Å². The average molecular weight is 241 g/mol. The fourth-order valence-corrected chi connectivity index (χ4v) is 2.39. The number of hydrogen-bond acceptors (Lipinski definition) is 3. The van der Waals surface area contributed by atoms with E-state index in [-0.39, 0.29) is 17.0 Å². The van der Waals surface area contributed by atoms with Gasteiger partial charge in [0.2, 0.25) is 5.91 Å². The van der Waals surface area contributed by atoms with Crippen molar-refractivity contribution in [2.24, 2.45) is 5.73 Å². The molecule has 0 bridgehead atoms. The van der Waals surface area contributed by atoms with Crippen molar-refractivity contribution in [1.29, 1.82) is 0 Å². The van der Waals surface area contributed by atoms with Gasteiger partial charge in [0.1, 0.15) is 0 Å². The van der Waals surface area contributed by atoms with Crippen LogP contribution in [0.4, 0.5) is 0 Å². The highest BCUT2D eigenvalue weighted by molar-refractivity contribution is 5.86. The third kappa shape index (κ3) is 3.19. The maximum absolute atomic E-state index is 12.2. The van der Waals surface area contributed by atoms with Gasteiger partial charge in [-0.2, -0.15) is 0 Å². The minimum atomic E-state index is -0.345. The monoisotopic (exact) mass is 241 g/mol. The Kier molecular flexibility index (Phi) is 4.95. The van der Waals surface area contributed by atoms with E-state index in [4.69, 9.17) is 5.73 Å². The Labute approximate surface area is 105 Å². The van der Waals surface area contributed by atoms with E-state index in [1.165, 1.54) is 0 Å². The molecule has 1 amide bonds. The summed E-state index contributed by atoms with van der Waals surface area (Å²) in [5.74, 6) is 0.120. The van der Waals surface area contributed by atoms with E-state index < -0.39 is 0 Å². The highest BCUT2D eigenvalue weighted by atomic mass is 16.2. The van der Waals surface area contributed by atoms with E-state index >= 15 is 0 Å². The topological polar surface area (TPSA) is 67.1 Å². The van der Waals surface area contributed by atoms with Crippen molar-refractivity contribution in [3.05, 3.63) is 0 Å². The van der Waals surface area contributed by atoms with E-state index in [9.17, 15) is 4.79 Å². The number of rotatable bonds is 6. The number of nitrogens with one attached hydrogen (secondary N) is 2. The molecule has 1 rings (SSSR count). The summed E-state index contributed by atoms with van der Waals surface area (Å²) in [6.45, 7) is 7.71. The predicted octanol–water partition coefficient (Wildman–Crippen LogP) is 1.15. The van der Waals surface area contributed by atoms with Gasteiger partial charge in [-0.25, -0.2) is 0 Å². The minimum Gasteiger partial charge on any atom is -0.353 e. The molecular weight excluding hydrogens is 214 g/mol. The van der Waals surface area contributed by atoms with E-state index in [0.717, 1.165) is 38.6 Å². The van der Waals surface area contributed by atoms with Crippen LogP contribution in [0, 0.1) is 0 Å². The predicted molar refractivity (Wildman–Crippen MR) is 70.8 cm³/mol. The van der Waals surface area contributed by atoms with Crippen LogP contribution in [-0.2, 0) is 4.79 Å². The molecule has 0 aromatic heterocycles. The van der Waals surface area contributed by atoms with Gasteiger partial charge in [0.25, 0.3) is 0 Å². The van der Waals surface area contributed by atoms with Crippen LogP contribution in [0.2, 0.25) is 0 Å². The number of nitrogens with two attached hydrogens (primary N) is 1. The van der Waals surface area contributed by atoms with E-state index in [1.54, 1.807) is 0 Å². The van der Waals surface area contributed by atoms with Crippen molar-refractivity contribution in [2.45, 2.75) is 64.0 Å². The van der Waals surface area contributed by atoms with Crippen LogP contribution in [-0.4, -0.2) is 30.1 Å². The van der Waals surface area contributed by atoms with Crippen LogP contribution in [0.15, 0.2) is 0 Å². The third-order valence-corrected chi connectivity index (χ3v) is 4.29. The molecule has 0 aliphatic carbocycles. The van der Waals surface area contributed by atoms with E-state index in [0.29, 0.717) is 6.54 Å². The van der Waals surface area contributed by atoms with Crippen molar-refractivity contribution in [3.8, 4) is 0 Å². The minimum absolute atomic E-state index is 0.120. The average Bonchev–Trinajstić information content (AvgIpc) is 2.85. The molecule has 0 spiro atoms. The second-order valence-corrected chi connectivity index (χ2v) is 5.22. The first-order valence-electron chi connectivity index (χ1n) is 6.84. The van der Waals surface area contributed by atoms with Crippen molar-refractivity contribution < 1.29 is 4.79 Å². The standard InChI is InChI=1S/C13H27N3O/c1-4-12(14,5-2)10-15-11(17)13(6-3)8-7-9-16-13/h16H,4-10,14H2,1-3H3,(H,15,17). The zero-order valence-electron chi connectivity index (χ0n) is 11.4. The summed E-state index contributed by atoms with van der Waals surface area (Å²) in [6, 6.07) is 0. The molecule has 1 aliphatic rings. The van der Waals surface area contributed by atoms with E-state index in [2.05, 4.69) is 31.4 Å². The molecule has 1 aliphatic heterocycles. The van der Waals surface area contributed by atoms with Gasteiger partial charge >= 0.3 is 0 Å². The zero-order valence-corrected chi connectivity index (χ0v) is 11.4. The Balaban J connectivity index is 2.54. The molecule has 1 fully saturated rings. The van der Waals surface area contributed by atoms with Gasteiger partial charge in [-0.15, -0.1) is 0 Å². The van der Waals surface area contributed by atoms with Crippen molar-refractivity contribution in [2.75, 3.05) is 13.1 Å². The van der Waals surface area contributed by atoms with Crippen molar-refractivity contribution in [1.82, 2.24) is 10.6 Å². The Morgan fingerprint density at radius 2 is 2.06 bits per heavy atom. The molecule has 17 heavy (non-hydrogen) atoms. The van der Waals surface area contributed by atoms with Gasteiger partial charge in [0, 0.05) is 12.1 Å². The second-order valence-electron chi connectivity index (χ2n) is 5.22. The summed E-state index contributed by atoms with van der Waals surface area (Å²) in [7, 11) is 0. The summed E-state index contributed by atoms with van der Waals surface area (Å²) in [5, 5.41) is 6.37. The van der Waals surface area contributed by atoms with Crippen LogP contribution < -0.4 is 16.4 Å². The molecule has 0 aromatic carbocycles. The Hall–Kier alpha value is -0.610. The molecule has 0 radical (unpaired) electrons. The van der Waals surface area contributed by atoms with Crippen molar-refractivity contribution in [3.63, 3.8) is 0 Å². The fourth-order valence-electron chi connectivity index (χ4n) is 2.39. The molecule has 4 heteroatoms. The van der Waals surface area contributed by atoms with Crippen LogP contribution in [0.1, 0.15) is 52.9 Å². The molecule has 1 saturated heterocycles. The molecule has 100 valence electrons. The first-order chi connectivity index (χ1) is 8.02. The maximum atomic E-state index is 12.2. The van der Waals surface area contributed by atoms with Crippen LogP contribution >= 0.6 is 0 Å². The maximum Gasteiger partial charge on any atom is 0.240 e. The summed E-state index contributed by atoms with van der Waals surface area (Å²) in [6.07, 6.45) is 4.63. The van der Waals surface area contributed by atoms with E-state index in [1.807, 2.05) is 0 Å². The normalized spacial score (nSPS) is 24.9. The highest BCUT2D eigenvalue weighted by Crippen LogP contribution is 2.23. The fraction of sp³-hybridized carbons (Fsp3) is 0.923. The summed E-state index contributed by atoms with van der Waals surface area (Å²) >= 11 is 0. The second kappa shape index (κ2) is 5.83. The molecular formula is C13H27N3O. The number of amides is 1. The summed E-state index contributed by atoms with van der Waals surface area (Å²) < 4.78 is 0. The Morgan fingerprint density at radius 1 is 1.41 bits per heavy atom. The first-order valence-corrected chi connectivity index (χ1v) is 6.84. The first kappa shape index (κ1) is 14.5. The quantitative estimate of drug-likeness (QED) is 0.653. The lowest BCUT2D eigenvalue weighted by molar-refractivity contribution is -0.127. The third-order valence-electron chi connectivity index (χ3n) is 4.29. The van der Waals surface area contributed by atoms with Gasteiger partial charge in [0.05, 0.1) is 5.54 Å². The lowest BCUT2D eigenvalue weighted by Gasteiger charge is -2.31. The SMILES string of the molecule is CCC(N)(CC)CNC(=O)C1(CC)CCCN1. The highest BCUT2D eigenvalue weighted by Gasteiger charge is 2.39. The lowest BCUT2D eigenvalue weighted by atomic mass is 9.91. The Morgan fingerprint density at radius 3 is 2.47 bits per heavy atom. The molecule has 1 atom stereocenters. The van der Waals surface area contributed by atoms with Crippen LogP contribution in [0.5, 0.6) is 0 Å². The van der Waals surface area contributed by atoms with Gasteiger partial charge in [0.15, 0.2) is 0 Å². The molecule has 0 saturated carbocycles. The molecule has 4 N–H and O–H groups in total. The number of carbonyl (C=O) groups excluding carboxylic acids is 1. The summed E-state index contributed by atoms with van der Waals surface area (Å²) in [4.78, 5) is 12.2. The molecule has 1 heterocycles. The molecule has 1 unspecified atom stereocenters. The van der Waals surface area contributed by atoms with Gasteiger partial charge < -0.3 is 16.4 Å². The molecule has 4 nitrogen and oxygen atoms in total. The van der Waals surface area contributed by atoms with Gasteiger partial charge in [-0.3, -0.25) is 4.79 Å².